The van der Waals surface area contributed by atoms with Gasteiger partial charge in [0.25, 0.3) is 0 Å². The van der Waals surface area contributed by atoms with Gasteiger partial charge in [0.2, 0.25) is 11.8 Å². The first-order valence-electron chi connectivity index (χ1n) is 8.11. The third kappa shape index (κ3) is 6.68. The Balaban J connectivity index is 1.88. The van der Waals surface area contributed by atoms with Gasteiger partial charge in [-0.1, -0.05) is 24.1 Å². The molecule has 2 aromatic rings. The molecule has 0 aliphatic heterocycles. The minimum atomic E-state index is -4.77. The van der Waals surface area contributed by atoms with Crippen molar-refractivity contribution in [3.63, 3.8) is 0 Å². The molecule has 0 saturated heterocycles. The van der Waals surface area contributed by atoms with Crippen LogP contribution in [-0.2, 0) is 16.0 Å². The first-order chi connectivity index (χ1) is 13.2. The van der Waals surface area contributed by atoms with Crippen LogP contribution in [0.5, 0.6) is 5.75 Å². The van der Waals surface area contributed by atoms with Crippen molar-refractivity contribution >= 4 is 17.5 Å². The summed E-state index contributed by atoms with van der Waals surface area (Å²) in [7, 11) is 1.46. The molecule has 0 bridgehead atoms. The third-order valence-electron chi connectivity index (χ3n) is 3.63. The summed E-state index contributed by atoms with van der Waals surface area (Å²) in [5, 5.41) is 2.64. The number of carbonyl (C=O) groups is 2. The van der Waals surface area contributed by atoms with Gasteiger partial charge in [0.1, 0.15) is 5.75 Å². The first-order valence-corrected chi connectivity index (χ1v) is 8.11. The highest BCUT2D eigenvalue weighted by molar-refractivity contribution is 5.94. The highest BCUT2D eigenvalue weighted by Crippen LogP contribution is 2.22. The van der Waals surface area contributed by atoms with E-state index in [0.717, 1.165) is 12.1 Å². The van der Waals surface area contributed by atoms with Crippen LogP contribution in [0.4, 0.5) is 18.9 Å². The monoisotopic (exact) mass is 390 g/mol. The molecule has 5 nitrogen and oxygen atoms in total. The highest BCUT2D eigenvalue weighted by Gasteiger charge is 2.31. The lowest BCUT2D eigenvalue weighted by atomic mass is 10.1. The Kier molecular flexibility index (Phi) is 6.66. The van der Waals surface area contributed by atoms with Crippen molar-refractivity contribution in [1.82, 2.24) is 4.90 Å². The second-order valence-corrected chi connectivity index (χ2v) is 5.89. The van der Waals surface area contributed by atoms with Crippen LogP contribution in [0.1, 0.15) is 11.1 Å². The zero-order chi connectivity index (χ0) is 20.7. The Morgan fingerprint density at radius 2 is 1.86 bits per heavy atom. The lowest BCUT2D eigenvalue weighted by molar-refractivity contribution is -0.274. The molecule has 28 heavy (non-hydrogen) atoms. The molecule has 0 saturated carbocycles. The molecule has 0 spiro atoms. The fraction of sp³-hybridized carbons (Fsp3) is 0.200. The van der Waals surface area contributed by atoms with Crippen molar-refractivity contribution in [3.05, 3.63) is 59.7 Å². The minimum Gasteiger partial charge on any atom is -0.406 e. The average molecular weight is 390 g/mol. The zero-order valence-corrected chi connectivity index (χ0v) is 14.9. The Hall–Kier alpha value is -3.47. The summed E-state index contributed by atoms with van der Waals surface area (Å²) in [6.45, 7) is -0.186. The number of nitrogens with zero attached hydrogens (tertiary/aromatic N) is 1. The van der Waals surface area contributed by atoms with Crippen LogP contribution in [0.15, 0.2) is 48.5 Å². The van der Waals surface area contributed by atoms with Crippen molar-refractivity contribution < 1.29 is 27.5 Å². The van der Waals surface area contributed by atoms with Gasteiger partial charge in [-0.25, -0.2) is 0 Å². The predicted octanol–water partition coefficient (Wildman–Crippen LogP) is 3.21. The van der Waals surface area contributed by atoms with E-state index in [9.17, 15) is 22.8 Å². The molecule has 2 rings (SSSR count). The number of terminal acetylenes is 1. The minimum absolute atomic E-state index is 0.0668. The van der Waals surface area contributed by atoms with Gasteiger partial charge in [-0.05, 0) is 35.9 Å². The van der Waals surface area contributed by atoms with E-state index in [0.29, 0.717) is 16.8 Å². The average Bonchev–Trinajstić information content (AvgIpc) is 2.62. The van der Waals surface area contributed by atoms with Gasteiger partial charge in [0.05, 0.1) is 13.0 Å². The standard InChI is InChI=1S/C20H17F3N2O3/c1-3-14-5-4-6-16(11-14)24-18(26)13-25(2)19(27)12-15-7-9-17(10-8-15)28-20(21,22)23/h1,4-11H,12-13H2,2H3,(H,24,26). The molecular formula is C20H17F3N2O3. The van der Waals surface area contributed by atoms with E-state index < -0.39 is 12.3 Å². The molecule has 8 heteroatoms. The molecule has 1 N–H and O–H groups in total. The SMILES string of the molecule is C#Cc1cccc(NC(=O)CN(C)C(=O)Cc2ccc(OC(F)(F)F)cc2)c1. The molecule has 0 aliphatic carbocycles. The van der Waals surface area contributed by atoms with Crippen molar-refractivity contribution in [2.75, 3.05) is 18.9 Å². The van der Waals surface area contributed by atoms with Crippen molar-refractivity contribution in [2.45, 2.75) is 12.8 Å². The van der Waals surface area contributed by atoms with Gasteiger partial charge in [0, 0.05) is 18.3 Å². The number of nitrogens with one attached hydrogen (secondary N) is 1. The number of benzene rings is 2. The van der Waals surface area contributed by atoms with Crippen molar-refractivity contribution in [3.8, 4) is 18.1 Å². The first kappa shape index (κ1) is 20.8. The lowest BCUT2D eigenvalue weighted by Crippen LogP contribution is -2.35. The maximum Gasteiger partial charge on any atom is 0.573 e. The molecule has 2 amide bonds. The Bertz CT molecular complexity index is 887. The van der Waals surface area contributed by atoms with Gasteiger partial charge in [-0.2, -0.15) is 0 Å². The normalized spacial score (nSPS) is 10.7. The molecular weight excluding hydrogens is 373 g/mol. The smallest absolute Gasteiger partial charge is 0.406 e. The molecule has 146 valence electrons. The van der Waals surface area contributed by atoms with E-state index in [4.69, 9.17) is 6.42 Å². The molecule has 0 aromatic heterocycles. The number of likely N-dealkylation sites (N-methyl/N-ethyl adjacent to an activating group) is 1. The maximum atomic E-state index is 12.2. The van der Waals surface area contributed by atoms with Crippen LogP contribution in [-0.4, -0.2) is 36.7 Å². The van der Waals surface area contributed by atoms with E-state index in [1.807, 2.05) is 0 Å². The van der Waals surface area contributed by atoms with Crippen LogP contribution < -0.4 is 10.1 Å². The molecule has 2 aromatic carbocycles. The molecule has 0 radical (unpaired) electrons. The lowest BCUT2D eigenvalue weighted by Gasteiger charge is -2.17. The van der Waals surface area contributed by atoms with E-state index in [2.05, 4.69) is 16.0 Å². The summed E-state index contributed by atoms with van der Waals surface area (Å²) in [6, 6.07) is 11.7. The van der Waals surface area contributed by atoms with Gasteiger partial charge in [-0.15, -0.1) is 19.6 Å². The van der Waals surface area contributed by atoms with Crippen molar-refractivity contribution in [1.29, 1.82) is 0 Å². The largest absolute Gasteiger partial charge is 0.573 e. The maximum absolute atomic E-state index is 12.2. The number of amides is 2. The number of hydrogen-bond acceptors (Lipinski definition) is 3. The summed E-state index contributed by atoms with van der Waals surface area (Å²) in [6.07, 6.45) is 0.464. The number of anilines is 1. The summed E-state index contributed by atoms with van der Waals surface area (Å²) < 4.78 is 40.2. The fourth-order valence-corrected chi connectivity index (χ4v) is 2.31. The summed E-state index contributed by atoms with van der Waals surface area (Å²) >= 11 is 0. The number of rotatable bonds is 6. The van der Waals surface area contributed by atoms with Crippen molar-refractivity contribution in [2.24, 2.45) is 0 Å². The van der Waals surface area contributed by atoms with Crippen LogP contribution in [0.25, 0.3) is 0 Å². The molecule has 0 aliphatic rings. The van der Waals surface area contributed by atoms with Crippen LogP contribution >= 0.6 is 0 Å². The van der Waals surface area contributed by atoms with E-state index in [1.54, 1.807) is 24.3 Å². The Labute approximate surface area is 160 Å². The summed E-state index contributed by atoms with van der Waals surface area (Å²) in [5.74, 6) is 1.32. The number of alkyl halides is 3. The fourth-order valence-electron chi connectivity index (χ4n) is 2.31. The third-order valence-corrected chi connectivity index (χ3v) is 3.63. The predicted molar refractivity (Wildman–Crippen MR) is 97.5 cm³/mol. The van der Waals surface area contributed by atoms with E-state index in [1.165, 1.54) is 24.1 Å². The molecule has 0 atom stereocenters. The van der Waals surface area contributed by atoms with Gasteiger partial charge in [0.15, 0.2) is 0 Å². The number of halogens is 3. The van der Waals surface area contributed by atoms with Crippen LogP contribution in [0, 0.1) is 12.3 Å². The number of ether oxygens (including phenoxy) is 1. The Morgan fingerprint density at radius 3 is 2.46 bits per heavy atom. The van der Waals surface area contributed by atoms with Gasteiger partial charge < -0.3 is 15.0 Å². The van der Waals surface area contributed by atoms with E-state index in [-0.39, 0.29) is 24.6 Å². The Morgan fingerprint density at radius 1 is 1.18 bits per heavy atom. The quantitative estimate of drug-likeness (QED) is 0.771. The van der Waals surface area contributed by atoms with Gasteiger partial charge >= 0.3 is 6.36 Å². The second-order valence-electron chi connectivity index (χ2n) is 5.89. The summed E-state index contributed by atoms with van der Waals surface area (Å²) in [5.41, 5.74) is 1.62. The summed E-state index contributed by atoms with van der Waals surface area (Å²) in [4.78, 5) is 25.5. The molecule has 0 heterocycles. The zero-order valence-electron chi connectivity index (χ0n) is 14.9. The topological polar surface area (TPSA) is 58.6 Å². The van der Waals surface area contributed by atoms with Crippen LogP contribution in [0.3, 0.4) is 0 Å². The highest BCUT2D eigenvalue weighted by atomic mass is 19.4. The van der Waals surface area contributed by atoms with E-state index >= 15 is 0 Å². The van der Waals surface area contributed by atoms with Gasteiger partial charge in [-0.3, -0.25) is 9.59 Å². The molecule has 0 fully saturated rings. The number of carbonyl (C=O) groups excluding carboxylic acids is 2. The van der Waals surface area contributed by atoms with Crippen LogP contribution in [0.2, 0.25) is 0 Å². The number of hydrogen-bond donors (Lipinski definition) is 1. The second kappa shape index (κ2) is 8.95. The molecule has 0 unspecified atom stereocenters.